The maximum absolute atomic E-state index is 11.8. The van der Waals surface area contributed by atoms with E-state index in [9.17, 15) is 4.79 Å². The van der Waals surface area contributed by atoms with Gasteiger partial charge in [0, 0.05) is 13.1 Å². The Balaban J connectivity index is 2.37. The van der Waals surface area contributed by atoms with Crippen LogP contribution >= 0.6 is 0 Å². The summed E-state index contributed by atoms with van der Waals surface area (Å²) in [5.41, 5.74) is -0.382. The Bertz CT molecular complexity index is 215. The van der Waals surface area contributed by atoms with E-state index in [1.165, 1.54) is 0 Å². The van der Waals surface area contributed by atoms with E-state index in [4.69, 9.17) is 10.2 Å². The van der Waals surface area contributed by atoms with Crippen LogP contribution in [0.4, 0.5) is 0 Å². The standard InChI is InChI=1S/C10H20N2O3/c1-10(3-2-4-11-7-10)9(15)12-5-8(14)6-13/h8,11,13-14H,2-7H2,1H3,(H,12,15). The van der Waals surface area contributed by atoms with Crippen LogP contribution in [0.5, 0.6) is 0 Å². The summed E-state index contributed by atoms with van der Waals surface area (Å²) < 4.78 is 0. The Hall–Kier alpha value is -0.650. The summed E-state index contributed by atoms with van der Waals surface area (Å²) in [5.74, 6) is -0.0535. The van der Waals surface area contributed by atoms with Gasteiger partial charge in [0.1, 0.15) is 0 Å². The molecule has 1 heterocycles. The summed E-state index contributed by atoms with van der Waals surface area (Å²) in [6.45, 7) is 3.34. The quantitative estimate of drug-likeness (QED) is 0.478. The largest absolute Gasteiger partial charge is 0.394 e. The molecule has 0 aliphatic carbocycles. The molecule has 0 aromatic heterocycles. The molecule has 0 aromatic carbocycles. The highest BCUT2D eigenvalue weighted by Crippen LogP contribution is 2.25. The molecule has 1 amide bonds. The molecule has 2 atom stereocenters. The lowest BCUT2D eigenvalue weighted by atomic mass is 9.82. The van der Waals surface area contributed by atoms with Crippen LogP contribution in [-0.4, -0.2) is 48.5 Å². The molecule has 0 radical (unpaired) electrons. The lowest BCUT2D eigenvalue weighted by Gasteiger charge is -2.32. The van der Waals surface area contributed by atoms with Crippen molar-refractivity contribution in [3.63, 3.8) is 0 Å². The van der Waals surface area contributed by atoms with Crippen molar-refractivity contribution in [3.05, 3.63) is 0 Å². The van der Waals surface area contributed by atoms with Crippen LogP contribution in [0.15, 0.2) is 0 Å². The van der Waals surface area contributed by atoms with Gasteiger partial charge in [-0.25, -0.2) is 0 Å². The van der Waals surface area contributed by atoms with Crippen molar-refractivity contribution < 1.29 is 15.0 Å². The molecule has 0 saturated carbocycles. The third-order valence-electron chi connectivity index (χ3n) is 2.85. The summed E-state index contributed by atoms with van der Waals surface area (Å²) in [7, 11) is 0. The molecule has 1 aliphatic rings. The van der Waals surface area contributed by atoms with Crippen LogP contribution in [0.2, 0.25) is 0 Å². The first-order valence-electron chi connectivity index (χ1n) is 5.36. The molecule has 2 unspecified atom stereocenters. The number of amides is 1. The molecular weight excluding hydrogens is 196 g/mol. The molecule has 1 fully saturated rings. The van der Waals surface area contributed by atoms with Gasteiger partial charge in [-0.3, -0.25) is 4.79 Å². The van der Waals surface area contributed by atoms with Gasteiger partial charge in [0.25, 0.3) is 0 Å². The predicted octanol–water partition coefficient (Wildman–Crippen LogP) is -1.15. The molecule has 4 N–H and O–H groups in total. The van der Waals surface area contributed by atoms with Gasteiger partial charge >= 0.3 is 0 Å². The van der Waals surface area contributed by atoms with E-state index in [0.717, 1.165) is 19.4 Å². The first-order valence-corrected chi connectivity index (χ1v) is 5.36. The van der Waals surface area contributed by atoms with Gasteiger partial charge in [0.05, 0.1) is 18.1 Å². The summed E-state index contributed by atoms with van der Waals surface area (Å²) in [6.07, 6.45) is 0.988. The number of hydrogen-bond acceptors (Lipinski definition) is 4. The molecular formula is C10H20N2O3. The lowest BCUT2D eigenvalue weighted by molar-refractivity contribution is -0.131. The molecule has 0 spiro atoms. The van der Waals surface area contributed by atoms with Crippen molar-refractivity contribution in [2.45, 2.75) is 25.9 Å². The Morgan fingerprint density at radius 3 is 2.93 bits per heavy atom. The second-order valence-corrected chi connectivity index (χ2v) is 4.39. The second kappa shape index (κ2) is 5.44. The summed E-state index contributed by atoms with van der Waals surface area (Å²) in [5, 5.41) is 23.6. The topological polar surface area (TPSA) is 81.6 Å². The highest BCUT2D eigenvalue weighted by Gasteiger charge is 2.34. The number of aliphatic hydroxyl groups is 2. The van der Waals surface area contributed by atoms with Crippen LogP contribution in [0.25, 0.3) is 0 Å². The highest BCUT2D eigenvalue weighted by atomic mass is 16.3. The van der Waals surface area contributed by atoms with Crippen LogP contribution < -0.4 is 10.6 Å². The molecule has 0 aromatic rings. The molecule has 1 rings (SSSR count). The number of rotatable bonds is 4. The molecule has 0 bridgehead atoms. The fourth-order valence-corrected chi connectivity index (χ4v) is 1.74. The number of piperidine rings is 1. The van der Waals surface area contributed by atoms with E-state index < -0.39 is 6.10 Å². The van der Waals surface area contributed by atoms with E-state index in [2.05, 4.69) is 10.6 Å². The fourth-order valence-electron chi connectivity index (χ4n) is 1.74. The van der Waals surface area contributed by atoms with Gasteiger partial charge in [-0.15, -0.1) is 0 Å². The third-order valence-corrected chi connectivity index (χ3v) is 2.85. The van der Waals surface area contributed by atoms with Gasteiger partial charge < -0.3 is 20.8 Å². The van der Waals surface area contributed by atoms with E-state index >= 15 is 0 Å². The maximum atomic E-state index is 11.8. The van der Waals surface area contributed by atoms with Crippen LogP contribution in [0.3, 0.4) is 0 Å². The zero-order chi connectivity index (χ0) is 11.3. The minimum Gasteiger partial charge on any atom is -0.394 e. The Labute approximate surface area is 89.9 Å². The highest BCUT2D eigenvalue weighted by molar-refractivity contribution is 5.82. The van der Waals surface area contributed by atoms with Gasteiger partial charge in [-0.1, -0.05) is 0 Å². The minimum absolute atomic E-state index is 0.0535. The van der Waals surface area contributed by atoms with E-state index in [1.807, 2.05) is 6.92 Å². The third kappa shape index (κ3) is 3.44. The number of aliphatic hydroxyl groups excluding tert-OH is 2. The zero-order valence-electron chi connectivity index (χ0n) is 9.12. The Kier molecular flexibility index (Phi) is 4.50. The zero-order valence-corrected chi connectivity index (χ0v) is 9.12. The van der Waals surface area contributed by atoms with Crippen LogP contribution in [0, 0.1) is 5.41 Å². The summed E-state index contributed by atoms with van der Waals surface area (Å²) >= 11 is 0. The average molecular weight is 216 g/mol. The summed E-state index contributed by atoms with van der Waals surface area (Å²) in [6, 6.07) is 0. The van der Waals surface area contributed by atoms with E-state index in [1.54, 1.807) is 0 Å². The summed E-state index contributed by atoms with van der Waals surface area (Å²) in [4.78, 5) is 11.8. The molecule has 5 heteroatoms. The van der Waals surface area contributed by atoms with Gasteiger partial charge in [0.15, 0.2) is 0 Å². The molecule has 1 saturated heterocycles. The van der Waals surface area contributed by atoms with Gasteiger partial charge in [-0.05, 0) is 26.3 Å². The minimum atomic E-state index is -0.867. The van der Waals surface area contributed by atoms with Crippen LogP contribution in [-0.2, 0) is 4.79 Å². The van der Waals surface area contributed by atoms with Crippen molar-refractivity contribution in [3.8, 4) is 0 Å². The van der Waals surface area contributed by atoms with Gasteiger partial charge in [0.2, 0.25) is 5.91 Å². The molecule has 15 heavy (non-hydrogen) atoms. The lowest BCUT2D eigenvalue weighted by Crippen LogP contribution is -2.50. The predicted molar refractivity (Wildman–Crippen MR) is 56.3 cm³/mol. The average Bonchev–Trinajstić information content (AvgIpc) is 2.26. The molecule has 5 nitrogen and oxygen atoms in total. The Morgan fingerprint density at radius 2 is 2.40 bits per heavy atom. The molecule has 1 aliphatic heterocycles. The van der Waals surface area contributed by atoms with E-state index in [-0.39, 0.29) is 24.5 Å². The van der Waals surface area contributed by atoms with Crippen molar-refractivity contribution in [2.24, 2.45) is 5.41 Å². The Morgan fingerprint density at radius 1 is 1.67 bits per heavy atom. The number of hydrogen-bond donors (Lipinski definition) is 4. The normalized spacial score (nSPS) is 28.5. The SMILES string of the molecule is CC1(C(=O)NCC(O)CO)CCCNC1. The monoisotopic (exact) mass is 216 g/mol. The fraction of sp³-hybridized carbons (Fsp3) is 0.900. The number of carbonyl (C=O) groups excluding carboxylic acids is 1. The number of carbonyl (C=O) groups is 1. The maximum Gasteiger partial charge on any atom is 0.227 e. The number of nitrogens with one attached hydrogen (secondary N) is 2. The van der Waals surface area contributed by atoms with Crippen molar-refractivity contribution in [1.82, 2.24) is 10.6 Å². The van der Waals surface area contributed by atoms with Crippen molar-refractivity contribution >= 4 is 5.91 Å². The first-order chi connectivity index (χ1) is 7.08. The smallest absolute Gasteiger partial charge is 0.227 e. The van der Waals surface area contributed by atoms with Crippen LogP contribution in [0.1, 0.15) is 19.8 Å². The van der Waals surface area contributed by atoms with Crippen molar-refractivity contribution in [2.75, 3.05) is 26.2 Å². The van der Waals surface area contributed by atoms with Gasteiger partial charge in [-0.2, -0.15) is 0 Å². The van der Waals surface area contributed by atoms with Crippen molar-refractivity contribution in [1.29, 1.82) is 0 Å². The second-order valence-electron chi connectivity index (χ2n) is 4.39. The first kappa shape index (κ1) is 12.4. The molecule has 88 valence electrons. The van der Waals surface area contributed by atoms with E-state index in [0.29, 0.717) is 6.54 Å².